The van der Waals surface area contributed by atoms with E-state index in [9.17, 15) is 13.2 Å². The highest BCUT2D eigenvalue weighted by Gasteiger charge is 2.15. The molecule has 0 aliphatic heterocycles. The normalized spacial score (nSPS) is 11.7. The van der Waals surface area contributed by atoms with Crippen molar-refractivity contribution in [3.63, 3.8) is 0 Å². The molecule has 0 unspecified atom stereocenters. The number of unbranched alkanes of at least 4 members (excludes halogenated alkanes) is 1. The summed E-state index contributed by atoms with van der Waals surface area (Å²) in [5.41, 5.74) is 0. The highest BCUT2D eigenvalue weighted by molar-refractivity contribution is 7.92. The molecule has 7 nitrogen and oxygen atoms in total. The Morgan fingerprint density at radius 3 is 1.95 bits per heavy atom. The smallest absolute Gasteiger partial charge is 0.318 e. The Labute approximate surface area is 120 Å². The fraction of sp³-hybridized carbons (Fsp3) is 0.917. The first kappa shape index (κ1) is 19.3. The molecule has 0 aromatic carbocycles. The van der Waals surface area contributed by atoms with Gasteiger partial charge in [0.2, 0.25) is 0 Å². The van der Waals surface area contributed by atoms with Crippen LogP contribution >= 0.6 is 0 Å². The Kier molecular flexibility index (Phi) is 11.6. The maximum Gasteiger partial charge on any atom is 0.318 e. The van der Waals surface area contributed by atoms with Crippen LogP contribution in [-0.2, 0) is 28.8 Å². The summed E-state index contributed by atoms with van der Waals surface area (Å²) in [7, 11) is -3.58. The molecule has 0 aromatic heterocycles. The van der Waals surface area contributed by atoms with Crippen molar-refractivity contribution in [1.82, 2.24) is 0 Å². The Morgan fingerprint density at radius 2 is 1.45 bits per heavy atom. The van der Waals surface area contributed by atoms with Crippen LogP contribution in [0.25, 0.3) is 0 Å². The summed E-state index contributed by atoms with van der Waals surface area (Å²) in [4.78, 5) is 10.3. The third-order valence-corrected chi connectivity index (χ3v) is 3.74. The molecule has 0 aliphatic rings. The number of carboxylic acids is 1. The van der Waals surface area contributed by atoms with Gasteiger partial charge in [-0.1, -0.05) is 13.3 Å². The van der Waals surface area contributed by atoms with Gasteiger partial charge < -0.3 is 19.3 Å². The second kappa shape index (κ2) is 12.1. The van der Waals surface area contributed by atoms with Crippen LogP contribution in [-0.4, -0.2) is 70.6 Å². The lowest BCUT2D eigenvalue weighted by Gasteiger charge is -2.06. The predicted molar refractivity (Wildman–Crippen MR) is 73.7 cm³/mol. The number of aliphatic carboxylic acids is 1. The monoisotopic (exact) mass is 312 g/mol. The molecule has 0 aromatic rings. The van der Waals surface area contributed by atoms with Crippen molar-refractivity contribution in [2.75, 3.05) is 51.1 Å². The first-order chi connectivity index (χ1) is 9.48. The van der Waals surface area contributed by atoms with Gasteiger partial charge in [0.05, 0.1) is 38.8 Å². The van der Waals surface area contributed by atoms with Crippen LogP contribution in [0.4, 0.5) is 0 Å². The van der Waals surface area contributed by atoms with Crippen LogP contribution in [0.1, 0.15) is 19.8 Å². The van der Waals surface area contributed by atoms with E-state index in [0.717, 1.165) is 19.4 Å². The lowest BCUT2D eigenvalue weighted by molar-refractivity contribution is -0.134. The average Bonchev–Trinajstić information content (AvgIpc) is 2.34. The van der Waals surface area contributed by atoms with Crippen molar-refractivity contribution in [1.29, 1.82) is 0 Å². The van der Waals surface area contributed by atoms with Gasteiger partial charge >= 0.3 is 5.97 Å². The highest BCUT2D eigenvalue weighted by Crippen LogP contribution is 1.91. The summed E-state index contributed by atoms with van der Waals surface area (Å²) in [6, 6.07) is 0. The second-order valence-electron chi connectivity index (χ2n) is 4.18. The lowest BCUT2D eigenvalue weighted by Crippen LogP contribution is -2.21. The number of hydrogen-bond donors (Lipinski definition) is 1. The fourth-order valence-corrected chi connectivity index (χ4v) is 2.13. The minimum absolute atomic E-state index is 0.0219. The number of ether oxygens (including phenoxy) is 3. The molecule has 1 N–H and O–H groups in total. The van der Waals surface area contributed by atoms with Crippen LogP contribution in [0.5, 0.6) is 0 Å². The molecule has 0 rings (SSSR count). The predicted octanol–water partition coefficient (Wildman–Crippen LogP) is 0.336. The highest BCUT2D eigenvalue weighted by atomic mass is 32.2. The molecule has 8 heteroatoms. The summed E-state index contributed by atoms with van der Waals surface area (Å²) in [5, 5.41) is 8.37. The van der Waals surface area contributed by atoms with E-state index >= 15 is 0 Å². The minimum Gasteiger partial charge on any atom is -0.480 e. The van der Waals surface area contributed by atoms with Gasteiger partial charge in [-0.05, 0) is 6.42 Å². The lowest BCUT2D eigenvalue weighted by atomic mass is 10.4. The largest absolute Gasteiger partial charge is 0.480 e. The minimum atomic E-state index is -3.58. The van der Waals surface area contributed by atoms with Gasteiger partial charge in [-0.15, -0.1) is 0 Å². The van der Waals surface area contributed by atoms with E-state index in [2.05, 4.69) is 6.92 Å². The van der Waals surface area contributed by atoms with Crippen LogP contribution in [0.2, 0.25) is 0 Å². The standard InChI is InChI=1S/C12H24O7S/c1-2-3-4-17-5-6-18-7-8-19-9-10-20(15,16)11-12(13)14/h2-11H2,1H3,(H,13,14). The molecule has 0 radical (unpaired) electrons. The molecule has 0 saturated heterocycles. The van der Waals surface area contributed by atoms with Gasteiger partial charge in [-0.2, -0.15) is 0 Å². The van der Waals surface area contributed by atoms with Crippen molar-refractivity contribution >= 4 is 15.8 Å². The molecule has 0 aliphatic carbocycles. The molecule has 120 valence electrons. The van der Waals surface area contributed by atoms with Crippen molar-refractivity contribution in [2.45, 2.75) is 19.8 Å². The zero-order valence-corrected chi connectivity index (χ0v) is 12.7. The molecular formula is C12H24O7S. The number of hydrogen-bond acceptors (Lipinski definition) is 6. The van der Waals surface area contributed by atoms with Crippen molar-refractivity contribution in [2.24, 2.45) is 0 Å². The first-order valence-corrected chi connectivity index (χ1v) is 8.45. The third kappa shape index (κ3) is 13.7. The molecule has 0 spiro atoms. The van der Waals surface area contributed by atoms with Gasteiger partial charge in [-0.3, -0.25) is 4.79 Å². The number of sulfone groups is 1. The topological polar surface area (TPSA) is 99.1 Å². The van der Waals surface area contributed by atoms with Gasteiger partial charge in [0, 0.05) is 6.61 Å². The zero-order chi connectivity index (χ0) is 15.3. The summed E-state index contributed by atoms with van der Waals surface area (Å²) in [6.07, 6.45) is 2.13. The molecule has 0 bridgehead atoms. The SMILES string of the molecule is CCCCOCCOCCOCCS(=O)(=O)CC(=O)O. The number of carbonyl (C=O) groups is 1. The van der Waals surface area contributed by atoms with E-state index in [1.807, 2.05) is 0 Å². The molecular weight excluding hydrogens is 288 g/mol. The van der Waals surface area contributed by atoms with Crippen molar-refractivity contribution in [3.05, 3.63) is 0 Å². The summed E-state index contributed by atoms with van der Waals surface area (Å²) >= 11 is 0. The number of rotatable bonds is 14. The quantitative estimate of drug-likeness (QED) is 0.462. The van der Waals surface area contributed by atoms with Crippen LogP contribution in [0.3, 0.4) is 0 Å². The van der Waals surface area contributed by atoms with Crippen LogP contribution < -0.4 is 0 Å². The third-order valence-electron chi connectivity index (χ3n) is 2.27. The maximum atomic E-state index is 11.2. The first-order valence-electron chi connectivity index (χ1n) is 6.63. The van der Waals surface area contributed by atoms with E-state index in [4.69, 9.17) is 19.3 Å². The van der Waals surface area contributed by atoms with Crippen molar-refractivity contribution < 1.29 is 32.5 Å². The fourth-order valence-electron chi connectivity index (χ4n) is 1.23. The zero-order valence-electron chi connectivity index (χ0n) is 11.9. The molecule has 0 heterocycles. The van der Waals surface area contributed by atoms with E-state index in [1.165, 1.54) is 0 Å². The molecule has 0 amide bonds. The number of carboxylic acid groups (broad SMARTS) is 1. The van der Waals surface area contributed by atoms with Gasteiger partial charge in [0.1, 0.15) is 5.75 Å². The molecule has 0 saturated carbocycles. The molecule has 20 heavy (non-hydrogen) atoms. The van der Waals surface area contributed by atoms with E-state index in [1.54, 1.807) is 0 Å². The Balaban J connectivity index is 3.30. The Bertz CT molecular complexity index is 340. The van der Waals surface area contributed by atoms with Crippen molar-refractivity contribution in [3.8, 4) is 0 Å². The Morgan fingerprint density at radius 1 is 0.950 bits per heavy atom. The van der Waals surface area contributed by atoms with E-state index < -0.39 is 21.6 Å². The van der Waals surface area contributed by atoms with Gasteiger partial charge in [0.25, 0.3) is 0 Å². The van der Waals surface area contributed by atoms with Crippen LogP contribution in [0.15, 0.2) is 0 Å². The van der Waals surface area contributed by atoms with E-state index in [0.29, 0.717) is 19.8 Å². The van der Waals surface area contributed by atoms with E-state index in [-0.39, 0.29) is 19.0 Å². The summed E-state index contributed by atoms with van der Waals surface area (Å²) in [5.74, 6) is -2.50. The van der Waals surface area contributed by atoms with Gasteiger partial charge in [0.15, 0.2) is 9.84 Å². The van der Waals surface area contributed by atoms with Crippen LogP contribution in [0, 0.1) is 0 Å². The average molecular weight is 312 g/mol. The molecule has 0 fully saturated rings. The summed E-state index contributed by atoms with van der Waals surface area (Å²) < 4.78 is 37.9. The maximum absolute atomic E-state index is 11.2. The second-order valence-corrected chi connectivity index (χ2v) is 6.36. The molecule has 0 atom stereocenters. The summed E-state index contributed by atoms with van der Waals surface area (Å²) in [6.45, 7) is 4.45. The Hall–Kier alpha value is -0.700. The van der Waals surface area contributed by atoms with Gasteiger partial charge in [-0.25, -0.2) is 8.42 Å².